The molecular formula is C28H30N4O. The van der Waals surface area contributed by atoms with Gasteiger partial charge in [0.05, 0.1) is 23.8 Å². The van der Waals surface area contributed by atoms with Crippen molar-refractivity contribution in [3.05, 3.63) is 95.7 Å². The molecule has 33 heavy (non-hydrogen) atoms. The lowest BCUT2D eigenvalue weighted by Gasteiger charge is -2.38. The Morgan fingerprint density at radius 1 is 1.09 bits per heavy atom. The van der Waals surface area contributed by atoms with E-state index in [1.165, 1.54) is 16.3 Å². The molecule has 1 aromatic heterocycles. The molecule has 3 aromatic carbocycles. The number of amides is 1. The molecule has 0 aliphatic carbocycles. The number of fused-ring (bicyclic) bond motifs is 2. The van der Waals surface area contributed by atoms with Crippen molar-refractivity contribution in [3.63, 3.8) is 0 Å². The van der Waals surface area contributed by atoms with Crippen LogP contribution in [-0.2, 0) is 5.54 Å². The lowest BCUT2D eigenvalue weighted by molar-refractivity contribution is 0.0936. The first-order valence-corrected chi connectivity index (χ1v) is 11.7. The molecule has 2 heterocycles. The van der Waals surface area contributed by atoms with Gasteiger partial charge in [-0.15, -0.1) is 0 Å². The minimum absolute atomic E-state index is 0.0827. The predicted octanol–water partition coefficient (Wildman–Crippen LogP) is 6.21. The topological polar surface area (TPSA) is 59.0 Å². The van der Waals surface area contributed by atoms with E-state index < -0.39 is 0 Å². The Morgan fingerprint density at radius 2 is 1.82 bits per heavy atom. The molecule has 1 aliphatic rings. The highest BCUT2D eigenvalue weighted by Crippen LogP contribution is 2.40. The molecule has 1 amide bonds. The van der Waals surface area contributed by atoms with Crippen LogP contribution < -0.4 is 10.6 Å². The first kappa shape index (κ1) is 21.3. The number of carbonyl (C=O) groups is 1. The smallest absolute Gasteiger partial charge is 0.257 e. The molecule has 0 saturated heterocycles. The van der Waals surface area contributed by atoms with Gasteiger partial charge in [-0.05, 0) is 48.6 Å². The highest BCUT2D eigenvalue weighted by Gasteiger charge is 2.36. The summed E-state index contributed by atoms with van der Waals surface area (Å²) in [7, 11) is 0. The number of nitrogens with one attached hydrogen (secondary N) is 2. The van der Waals surface area contributed by atoms with Crippen LogP contribution in [0.1, 0.15) is 67.2 Å². The van der Waals surface area contributed by atoms with Crippen LogP contribution in [0, 0.1) is 0 Å². The Balaban J connectivity index is 1.46. The van der Waals surface area contributed by atoms with Gasteiger partial charge < -0.3 is 10.6 Å². The van der Waals surface area contributed by atoms with Crippen molar-refractivity contribution in [1.82, 2.24) is 15.1 Å². The van der Waals surface area contributed by atoms with E-state index >= 15 is 0 Å². The molecule has 0 bridgehead atoms. The van der Waals surface area contributed by atoms with Crippen molar-refractivity contribution in [2.24, 2.45) is 0 Å². The van der Waals surface area contributed by atoms with Crippen LogP contribution in [-0.4, -0.2) is 15.7 Å². The van der Waals surface area contributed by atoms with Gasteiger partial charge in [0.1, 0.15) is 11.4 Å². The summed E-state index contributed by atoms with van der Waals surface area (Å²) in [4.78, 5) is 13.5. The van der Waals surface area contributed by atoms with Crippen molar-refractivity contribution in [2.45, 2.75) is 51.2 Å². The van der Waals surface area contributed by atoms with E-state index in [1.54, 1.807) is 6.20 Å². The highest BCUT2D eigenvalue weighted by molar-refractivity contribution is 5.99. The summed E-state index contributed by atoms with van der Waals surface area (Å²) in [6, 6.07) is 25.0. The zero-order valence-corrected chi connectivity index (χ0v) is 19.4. The van der Waals surface area contributed by atoms with Gasteiger partial charge in [-0.2, -0.15) is 5.10 Å². The summed E-state index contributed by atoms with van der Waals surface area (Å²) in [6.45, 7) is 6.45. The monoisotopic (exact) mass is 438 g/mol. The Hall–Kier alpha value is -3.60. The maximum atomic E-state index is 13.5. The van der Waals surface area contributed by atoms with Gasteiger partial charge in [0.15, 0.2) is 0 Å². The third-order valence-corrected chi connectivity index (χ3v) is 6.72. The normalized spacial score (nSPS) is 17.7. The van der Waals surface area contributed by atoms with E-state index in [9.17, 15) is 4.79 Å². The average Bonchev–Trinajstić information content (AvgIpc) is 3.28. The first-order valence-electron chi connectivity index (χ1n) is 11.7. The summed E-state index contributed by atoms with van der Waals surface area (Å²) in [6.07, 6.45) is 3.39. The molecule has 0 saturated carbocycles. The Labute approximate surface area is 194 Å². The summed E-state index contributed by atoms with van der Waals surface area (Å²) in [5, 5.41) is 13.8. The number of benzene rings is 3. The molecule has 1 aliphatic heterocycles. The van der Waals surface area contributed by atoms with Gasteiger partial charge >= 0.3 is 0 Å². The maximum Gasteiger partial charge on any atom is 0.257 e. The van der Waals surface area contributed by atoms with Gasteiger partial charge in [0.25, 0.3) is 5.91 Å². The molecule has 168 valence electrons. The number of anilines is 1. The summed E-state index contributed by atoms with van der Waals surface area (Å²) in [5.41, 5.74) is 2.73. The molecule has 2 unspecified atom stereocenters. The highest BCUT2D eigenvalue weighted by atomic mass is 16.1. The van der Waals surface area contributed by atoms with Gasteiger partial charge in [0.2, 0.25) is 0 Å². The van der Waals surface area contributed by atoms with Crippen molar-refractivity contribution in [1.29, 1.82) is 0 Å². The van der Waals surface area contributed by atoms with Gasteiger partial charge in [0, 0.05) is 0 Å². The SMILES string of the molecule is CCC(NC(=O)c1cnn2c1NC(c1ccccc1)CC2(C)C)c1cccc2ccccc12. The zero-order valence-electron chi connectivity index (χ0n) is 19.4. The van der Waals surface area contributed by atoms with Gasteiger partial charge in [-0.25, -0.2) is 4.68 Å². The summed E-state index contributed by atoms with van der Waals surface area (Å²) in [5.74, 6) is 0.679. The number of aromatic nitrogens is 2. The standard InChI is InChI=1S/C28H30N4O/c1-4-24(22-16-10-14-19-11-8-9-15-21(19)22)31-27(33)23-18-29-32-26(23)30-25(17-28(32,2)3)20-12-6-5-7-13-20/h5-16,18,24-25,30H,4,17H2,1-3H3,(H,31,33). The molecule has 2 atom stereocenters. The van der Waals surface area contributed by atoms with Gasteiger partial charge in [-0.1, -0.05) is 79.7 Å². The second-order valence-electron chi connectivity index (χ2n) is 9.45. The van der Waals surface area contributed by atoms with Gasteiger partial charge in [-0.3, -0.25) is 4.79 Å². The van der Waals surface area contributed by atoms with Crippen molar-refractivity contribution >= 4 is 22.5 Å². The molecule has 5 rings (SSSR count). The number of hydrogen-bond acceptors (Lipinski definition) is 3. The average molecular weight is 439 g/mol. The quantitative estimate of drug-likeness (QED) is 0.389. The fourth-order valence-corrected chi connectivity index (χ4v) is 4.99. The molecule has 5 nitrogen and oxygen atoms in total. The van der Waals surface area contributed by atoms with E-state index in [4.69, 9.17) is 0 Å². The van der Waals surface area contributed by atoms with Crippen LogP contribution in [0.3, 0.4) is 0 Å². The van der Waals surface area contributed by atoms with Crippen LogP contribution in [0.4, 0.5) is 5.82 Å². The Kier molecular flexibility index (Phi) is 5.41. The summed E-state index contributed by atoms with van der Waals surface area (Å²) >= 11 is 0. The van der Waals surface area contributed by atoms with Crippen molar-refractivity contribution in [3.8, 4) is 0 Å². The predicted molar refractivity (Wildman–Crippen MR) is 133 cm³/mol. The first-order chi connectivity index (χ1) is 16.0. The Bertz CT molecular complexity index is 1290. The van der Waals surface area contributed by atoms with E-state index in [2.05, 4.69) is 91.1 Å². The van der Waals surface area contributed by atoms with Crippen LogP contribution >= 0.6 is 0 Å². The Morgan fingerprint density at radius 3 is 2.61 bits per heavy atom. The molecule has 0 spiro atoms. The zero-order chi connectivity index (χ0) is 23.0. The van der Waals surface area contributed by atoms with Crippen LogP contribution in [0.15, 0.2) is 79.0 Å². The molecule has 2 N–H and O–H groups in total. The molecule has 5 heteroatoms. The van der Waals surface area contributed by atoms with Crippen LogP contribution in [0.2, 0.25) is 0 Å². The van der Waals surface area contributed by atoms with Crippen LogP contribution in [0.5, 0.6) is 0 Å². The number of rotatable bonds is 5. The van der Waals surface area contributed by atoms with E-state index in [0.29, 0.717) is 5.56 Å². The maximum absolute atomic E-state index is 13.5. The van der Waals surface area contributed by atoms with E-state index in [-0.39, 0.29) is 23.5 Å². The van der Waals surface area contributed by atoms with Crippen LogP contribution in [0.25, 0.3) is 10.8 Å². The molecule has 4 aromatic rings. The lowest BCUT2D eigenvalue weighted by Crippen LogP contribution is -2.38. The molecular weight excluding hydrogens is 408 g/mol. The minimum Gasteiger partial charge on any atom is -0.363 e. The largest absolute Gasteiger partial charge is 0.363 e. The number of carbonyl (C=O) groups excluding carboxylic acids is 1. The third-order valence-electron chi connectivity index (χ3n) is 6.72. The fourth-order valence-electron chi connectivity index (χ4n) is 4.99. The second-order valence-corrected chi connectivity index (χ2v) is 9.45. The van der Waals surface area contributed by atoms with E-state index in [1.807, 2.05) is 22.9 Å². The van der Waals surface area contributed by atoms with Crippen molar-refractivity contribution < 1.29 is 4.79 Å². The van der Waals surface area contributed by atoms with Crippen molar-refractivity contribution in [2.75, 3.05) is 5.32 Å². The fraction of sp³-hybridized carbons (Fsp3) is 0.286. The van der Waals surface area contributed by atoms with E-state index in [0.717, 1.165) is 24.2 Å². The minimum atomic E-state index is -0.209. The second kappa shape index (κ2) is 8.39. The molecule has 0 fully saturated rings. The third kappa shape index (κ3) is 3.88. The lowest BCUT2D eigenvalue weighted by atomic mass is 9.89. The molecule has 0 radical (unpaired) electrons. The summed E-state index contributed by atoms with van der Waals surface area (Å²) < 4.78 is 1.96. The number of hydrogen-bond donors (Lipinski definition) is 2. The number of nitrogens with zero attached hydrogens (tertiary/aromatic N) is 2.